The van der Waals surface area contributed by atoms with Crippen LogP contribution in [0, 0.1) is 0 Å². The fourth-order valence-electron chi connectivity index (χ4n) is 0.990. The van der Waals surface area contributed by atoms with Gasteiger partial charge in [0.2, 0.25) is 0 Å². The lowest BCUT2D eigenvalue weighted by Crippen LogP contribution is -2.23. The molecule has 0 fully saturated rings. The van der Waals surface area contributed by atoms with E-state index in [1.165, 1.54) is 0 Å². The van der Waals surface area contributed by atoms with Crippen LogP contribution < -0.4 is 15.9 Å². The average Bonchev–Trinajstić information content (AvgIpc) is 2.28. The molecule has 1 radical (unpaired) electrons. The van der Waals surface area contributed by atoms with E-state index in [2.05, 4.69) is 10.3 Å². The first-order valence-corrected chi connectivity index (χ1v) is 3.45. The molecular formula is C9H7N2. The van der Waals surface area contributed by atoms with Gasteiger partial charge in [-0.15, -0.1) is 0 Å². The summed E-state index contributed by atoms with van der Waals surface area (Å²) >= 11 is 0. The minimum atomic E-state index is 0.977. The number of nitrogens with zero attached hydrogens (tertiary/aromatic N) is 2. The third-order valence-electron chi connectivity index (χ3n) is 1.52. The molecule has 2 heteroatoms. The van der Waals surface area contributed by atoms with Gasteiger partial charge in [-0.1, -0.05) is 18.2 Å². The topological polar surface area (TPSA) is 26.5 Å². The smallest absolute Gasteiger partial charge is 0.0718 e. The van der Waals surface area contributed by atoms with Crippen LogP contribution in [0.15, 0.2) is 41.7 Å². The quantitative estimate of drug-likeness (QED) is 0.493. The highest BCUT2D eigenvalue weighted by molar-refractivity contribution is 5.24. The van der Waals surface area contributed by atoms with Gasteiger partial charge in [0, 0.05) is 23.8 Å². The number of hydrogen-bond acceptors (Lipinski definition) is 1. The van der Waals surface area contributed by atoms with Crippen LogP contribution in [0.2, 0.25) is 0 Å². The van der Waals surface area contributed by atoms with Crippen LogP contribution in [0.3, 0.4) is 0 Å². The van der Waals surface area contributed by atoms with E-state index >= 15 is 0 Å². The molecule has 53 valence electrons. The van der Waals surface area contributed by atoms with Gasteiger partial charge in [0.15, 0.2) is 0 Å². The fraction of sp³-hybridized carbons (Fsp3) is 0. The Hall–Kier alpha value is -1.57. The van der Waals surface area contributed by atoms with E-state index in [1.807, 2.05) is 30.5 Å². The Morgan fingerprint density at radius 2 is 1.91 bits per heavy atom. The zero-order valence-electron chi connectivity index (χ0n) is 5.94. The summed E-state index contributed by atoms with van der Waals surface area (Å²) in [5, 5.41) is 6.06. The molecule has 2 rings (SSSR count). The summed E-state index contributed by atoms with van der Waals surface area (Å²) in [7, 11) is 0. The summed E-state index contributed by atoms with van der Waals surface area (Å²) in [6, 6.07) is 7.91. The van der Waals surface area contributed by atoms with E-state index in [1.54, 1.807) is 12.4 Å². The van der Waals surface area contributed by atoms with Crippen molar-refractivity contribution in [2.75, 3.05) is 0 Å². The third kappa shape index (κ3) is 1.15. The SMILES string of the molecule is C1=CN=c2ccccc2=C[N]1. The first kappa shape index (κ1) is 6.16. The van der Waals surface area contributed by atoms with Gasteiger partial charge >= 0.3 is 0 Å². The van der Waals surface area contributed by atoms with Crippen molar-refractivity contribution in [3.63, 3.8) is 0 Å². The Kier molecular flexibility index (Phi) is 1.44. The number of hydrogen-bond donors (Lipinski definition) is 0. The first-order valence-electron chi connectivity index (χ1n) is 3.45. The van der Waals surface area contributed by atoms with Gasteiger partial charge in [0.1, 0.15) is 0 Å². The monoisotopic (exact) mass is 143 g/mol. The van der Waals surface area contributed by atoms with Gasteiger partial charge < -0.3 is 0 Å². The molecule has 11 heavy (non-hydrogen) atoms. The van der Waals surface area contributed by atoms with Gasteiger partial charge in [0.25, 0.3) is 0 Å². The van der Waals surface area contributed by atoms with E-state index in [9.17, 15) is 0 Å². The number of rotatable bonds is 0. The van der Waals surface area contributed by atoms with Crippen LogP contribution in [0.5, 0.6) is 0 Å². The van der Waals surface area contributed by atoms with Crippen LogP contribution in [-0.2, 0) is 0 Å². The molecule has 2 nitrogen and oxygen atoms in total. The molecule has 1 aromatic carbocycles. The maximum absolute atomic E-state index is 4.18. The molecule has 0 atom stereocenters. The molecule has 0 saturated heterocycles. The second-order valence-electron chi connectivity index (χ2n) is 2.26. The van der Waals surface area contributed by atoms with Crippen molar-refractivity contribution in [1.82, 2.24) is 5.32 Å². The highest BCUT2D eigenvalue weighted by Crippen LogP contribution is 1.78. The second-order valence-corrected chi connectivity index (χ2v) is 2.26. The average molecular weight is 143 g/mol. The molecule has 0 aliphatic carbocycles. The molecule has 0 spiro atoms. The first-order chi connectivity index (χ1) is 5.47. The lowest BCUT2D eigenvalue weighted by Gasteiger charge is -1.83. The van der Waals surface area contributed by atoms with Crippen LogP contribution in [0.25, 0.3) is 6.20 Å². The summed E-state index contributed by atoms with van der Waals surface area (Å²) in [6.45, 7) is 0. The Morgan fingerprint density at radius 3 is 2.91 bits per heavy atom. The van der Waals surface area contributed by atoms with Gasteiger partial charge in [-0.05, 0) is 6.07 Å². The molecule has 0 aromatic heterocycles. The van der Waals surface area contributed by atoms with E-state index in [0.717, 1.165) is 10.6 Å². The van der Waals surface area contributed by atoms with Gasteiger partial charge in [0.05, 0.1) is 5.36 Å². The molecule has 0 N–H and O–H groups in total. The molecule has 0 amide bonds. The highest BCUT2D eigenvalue weighted by Gasteiger charge is 1.86. The largest absolute Gasteiger partial charge is 0.262 e. The van der Waals surface area contributed by atoms with Crippen molar-refractivity contribution in [3.8, 4) is 0 Å². The standard InChI is InChI=1S/C9H7N2/c1-2-4-9-8(3-1)7-10-5-6-11-9/h1-7H. The number of para-hydroxylation sites is 1. The summed E-state index contributed by atoms with van der Waals surface area (Å²) in [5.74, 6) is 0. The predicted molar refractivity (Wildman–Crippen MR) is 43.0 cm³/mol. The summed E-state index contributed by atoms with van der Waals surface area (Å²) < 4.78 is 0. The lowest BCUT2D eigenvalue weighted by molar-refractivity contribution is 1.25. The van der Waals surface area contributed by atoms with Gasteiger partial charge in [-0.2, -0.15) is 0 Å². The van der Waals surface area contributed by atoms with Crippen molar-refractivity contribution < 1.29 is 0 Å². The molecule has 1 aliphatic rings. The molecule has 0 unspecified atom stereocenters. The van der Waals surface area contributed by atoms with Crippen molar-refractivity contribution in [3.05, 3.63) is 47.2 Å². The van der Waals surface area contributed by atoms with Crippen LogP contribution >= 0.6 is 0 Å². The van der Waals surface area contributed by atoms with E-state index < -0.39 is 0 Å². The summed E-state index contributed by atoms with van der Waals surface area (Å²) in [6.07, 6.45) is 5.19. The van der Waals surface area contributed by atoms with Crippen molar-refractivity contribution in [1.29, 1.82) is 0 Å². The number of benzene rings is 1. The van der Waals surface area contributed by atoms with E-state index in [0.29, 0.717) is 0 Å². The Balaban J connectivity index is 2.81. The zero-order valence-corrected chi connectivity index (χ0v) is 5.94. The second kappa shape index (κ2) is 2.58. The fourth-order valence-corrected chi connectivity index (χ4v) is 0.990. The van der Waals surface area contributed by atoms with E-state index in [4.69, 9.17) is 0 Å². The molecule has 1 heterocycles. The van der Waals surface area contributed by atoms with Crippen LogP contribution in [-0.4, -0.2) is 0 Å². The Morgan fingerprint density at radius 1 is 1.00 bits per heavy atom. The molecule has 0 bridgehead atoms. The normalized spacial score (nSPS) is 13.5. The van der Waals surface area contributed by atoms with Crippen molar-refractivity contribution >= 4 is 6.20 Å². The summed E-state index contributed by atoms with van der Waals surface area (Å²) in [4.78, 5) is 4.18. The Labute approximate surface area is 64.6 Å². The minimum Gasteiger partial charge on any atom is -0.262 e. The minimum absolute atomic E-state index is 0.977. The van der Waals surface area contributed by atoms with Crippen molar-refractivity contribution in [2.45, 2.75) is 0 Å². The Bertz CT molecular complexity index is 390. The molecule has 0 saturated carbocycles. The van der Waals surface area contributed by atoms with Gasteiger partial charge in [-0.3, -0.25) is 10.3 Å². The van der Waals surface area contributed by atoms with Gasteiger partial charge in [-0.25, -0.2) is 0 Å². The zero-order chi connectivity index (χ0) is 7.52. The third-order valence-corrected chi connectivity index (χ3v) is 1.52. The highest BCUT2D eigenvalue weighted by atomic mass is 14.8. The molecule has 1 aliphatic heterocycles. The van der Waals surface area contributed by atoms with Crippen LogP contribution in [0.4, 0.5) is 0 Å². The lowest BCUT2D eigenvalue weighted by atomic mass is 10.3. The number of fused-ring (bicyclic) bond motifs is 1. The van der Waals surface area contributed by atoms with E-state index in [-0.39, 0.29) is 0 Å². The summed E-state index contributed by atoms with van der Waals surface area (Å²) in [5.41, 5.74) is 0. The van der Waals surface area contributed by atoms with Crippen LogP contribution in [0.1, 0.15) is 0 Å². The van der Waals surface area contributed by atoms with Crippen molar-refractivity contribution in [2.24, 2.45) is 4.99 Å². The molecular weight excluding hydrogens is 136 g/mol. The molecule has 1 aromatic rings. The maximum Gasteiger partial charge on any atom is 0.0718 e. The maximum atomic E-state index is 4.18. The predicted octanol–water partition coefficient (Wildman–Crippen LogP) is 0.133.